The molecule has 1 aromatic carbocycles. The van der Waals surface area contributed by atoms with Crippen molar-refractivity contribution in [2.24, 2.45) is 0 Å². The monoisotopic (exact) mass is 363 g/mol. The molecule has 6 nitrogen and oxygen atoms in total. The molecule has 27 heavy (non-hydrogen) atoms. The summed E-state index contributed by atoms with van der Waals surface area (Å²) in [7, 11) is 0. The van der Waals surface area contributed by atoms with E-state index in [2.05, 4.69) is 43.3 Å². The fourth-order valence-electron chi connectivity index (χ4n) is 3.68. The minimum atomic E-state index is 0.0802. The van der Waals surface area contributed by atoms with Crippen LogP contribution in [0.2, 0.25) is 0 Å². The van der Waals surface area contributed by atoms with Crippen LogP contribution in [0.5, 0.6) is 0 Å². The van der Waals surface area contributed by atoms with E-state index in [1.54, 1.807) is 0 Å². The summed E-state index contributed by atoms with van der Waals surface area (Å²) in [5.74, 6) is 0.0802. The number of aromatic amines is 1. The smallest absolute Gasteiger partial charge is 0.234 e. The van der Waals surface area contributed by atoms with Crippen LogP contribution in [0, 0.1) is 6.92 Å². The van der Waals surface area contributed by atoms with Gasteiger partial charge in [0.15, 0.2) is 0 Å². The summed E-state index contributed by atoms with van der Waals surface area (Å²) < 4.78 is 0. The molecule has 3 heterocycles. The number of fused-ring (bicyclic) bond motifs is 1. The Morgan fingerprint density at radius 1 is 1.15 bits per heavy atom. The minimum Gasteiger partial charge on any atom is -0.369 e. The van der Waals surface area contributed by atoms with Crippen molar-refractivity contribution in [2.75, 3.05) is 37.6 Å². The van der Waals surface area contributed by atoms with Gasteiger partial charge in [-0.2, -0.15) is 0 Å². The Bertz CT molecular complexity index is 913. The largest absolute Gasteiger partial charge is 0.369 e. The van der Waals surface area contributed by atoms with E-state index in [1.165, 1.54) is 11.1 Å². The van der Waals surface area contributed by atoms with Crippen LogP contribution in [-0.2, 0) is 11.3 Å². The van der Waals surface area contributed by atoms with Gasteiger partial charge in [0, 0.05) is 67.4 Å². The number of carbonyl (C=O) groups excluding carboxylic acids is 1. The van der Waals surface area contributed by atoms with E-state index in [1.807, 2.05) is 37.5 Å². The zero-order valence-electron chi connectivity index (χ0n) is 15.6. The van der Waals surface area contributed by atoms with Gasteiger partial charge in [-0.3, -0.25) is 14.7 Å². The lowest BCUT2D eigenvalue weighted by Gasteiger charge is -2.35. The molecule has 0 radical (unpaired) electrons. The molecule has 140 valence electrons. The average Bonchev–Trinajstić information content (AvgIpc) is 3.08. The van der Waals surface area contributed by atoms with Gasteiger partial charge in [-0.05, 0) is 36.8 Å². The Morgan fingerprint density at radius 3 is 2.70 bits per heavy atom. The summed E-state index contributed by atoms with van der Waals surface area (Å²) >= 11 is 0. The van der Waals surface area contributed by atoms with E-state index in [0.29, 0.717) is 13.1 Å². The number of rotatable bonds is 5. The van der Waals surface area contributed by atoms with Crippen molar-refractivity contribution in [3.8, 4) is 0 Å². The predicted molar refractivity (Wildman–Crippen MR) is 108 cm³/mol. The Morgan fingerprint density at radius 2 is 1.93 bits per heavy atom. The summed E-state index contributed by atoms with van der Waals surface area (Å²) in [6.45, 7) is 6.70. The maximum absolute atomic E-state index is 12.4. The SMILES string of the molecule is Cc1cc2c(CNC(=O)CN3CCN(c4ccncc4)CC3)cccc2[nH]1. The highest BCUT2D eigenvalue weighted by molar-refractivity contribution is 5.85. The normalized spacial score (nSPS) is 15.2. The van der Waals surface area contributed by atoms with Crippen LogP contribution in [0.1, 0.15) is 11.3 Å². The molecule has 0 atom stereocenters. The Balaban J connectivity index is 1.28. The van der Waals surface area contributed by atoms with Crippen LogP contribution >= 0.6 is 0 Å². The van der Waals surface area contributed by atoms with Gasteiger partial charge in [0.05, 0.1) is 6.54 Å². The fourth-order valence-corrected chi connectivity index (χ4v) is 3.68. The molecule has 2 aromatic heterocycles. The number of hydrogen-bond acceptors (Lipinski definition) is 4. The number of nitrogens with one attached hydrogen (secondary N) is 2. The second-order valence-corrected chi connectivity index (χ2v) is 7.08. The van der Waals surface area contributed by atoms with E-state index < -0.39 is 0 Å². The molecular formula is C21H25N5O. The van der Waals surface area contributed by atoms with Crippen molar-refractivity contribution in [1.29, 1.82) is 0 Å². The van der Waals surface area contributed by atoms with E-state index in [0.717, 1.165) is 43.0 Å². The lowest BCUT2D eigenvalue weighted by atomic mass is 10.1. The number of hydrogen-bond donors (Lipinski definition) is 2. The zero-order chi connectivity index (χ0) is 18.6. The topological polar surface area (TPSA) is 64.3 Å². The van der Waals surface area contributed by atoms with Gasteiger partial charge in [0.1, 0.15) is 0 Å². The summed E-state index contributed by atoms with van der Waals surface area (Å²) in [6.07, 6.45) is 3.64. The third kappa shape index (κ3) is 4.11. The van der Waals surface area contributed by atoms with E-state index in [-0.39, 0.29) is 5.91 Å². The van der Waals surface area contributed by atoms with E-state index >= 15 is 0 Å². The Hall–Kier alpha value is -2.86. The van der Waals surface area contributed by atoms with Gasteiger partial charge < -0.3 is 15.2 Å². The highest BCUT2D eigenvalue weighted by Gasteiger charge is 2.19. The number of piperazine rings is 1. The first-order valence-electron chi connectivity index (χ1n) is 9.40. The number of amides is 1. The van der Waals surface area contributed by atoms with Gasteiger partial charge in [0.25, 0.3) is 0 Å². The van der Waals surface area contributed by atoms with Crippen LogP contribution in [-0.4, -0.2) is 53.5 Å². The molecule has 4 rings (SSSR count). The van der Waals surface area contributed by atoms with E-state index in [4.69, 9.17) is 0 Å². The number of pyridine rings is 1. The maximum atomic E-state index is 12.4. The number of nitrogens with zero attached hydrogens (tertiary/aromatic N) is 3. The molecular weight excluding hydrogens is 338 g/mol. The molecule has 0 aliphatic carbocycles. The van der Waals surface area contributed by atoms with Gasteiger partial charge >= 0.3 is 0 Å². The molecule has 6 heteroatoms. The quantitative estimate of drug-likeness (QED) is 0.730. The van der Waals surface area contributed by atoms with Gasteiger partial charge in [-0.15, -0.1) is 0 Å². The number of carbonyl (C=O) groups is 1. The van der Waals surface area contributed by atoms with Crippen LogP contribution in [0.4, 0.5) is 5.69 Å². The summed E-state index contributed by atoms with van der Waals surface area (Å²) in [5.41, 5.74) is 4.60. The first kappa shape index (κ1) is 17.5. The van der Waals surface area contributed by atoms with Crippen molar-refractivity contribution < 1.29 is 4.79 Å². The summed E-state index contributed by atoms with van der Waals surface area (Å²) in [4.78, 5) is 24.4. The zero-order valence-corrected chi connectivity index (χ0v) is 15.6. The number of benzene rings is 1. The van der Waals surface area contributed by atoms with Crippen molar-refractivity contribution in [3.63, 3.8) is 0 Å². The Kier molecular flexibility index (Phi) is 5.07. The van der Waals surface area contributed by atoms with Gasteiger partial charge in [0.2, 0.25) is 5.91 Å². The number of H-pyrrole nitrogens is 1. The Labute approximate surface area is 159 Å². The molecule has 1 amide bonds. The minimum absolute atomic E-state index is 0.0802. The van der Waals surface area contributed by atoms with Crippen LogP contribution < -0.4 is 10.2 Å². The van der Waals surface area contributed by atoms with Crippen molar-refractivity contribution in [3.05, 3.63) is 60.0 Å². The molecule has 0 saturated carbocycles. The van der Waals surface area contributed by atoms with Crippen molar-refractivity contribution in [1.82, 2.24) is 20.2 Å². The first-order chi connectivity index (χ1) is 13.2. The molecule has 3 aromatic rings. The summed E-state index contributed by atoms with van der Waals surface area (Å²) in [6, 6.07) is 12.4. The molecule has 2 N–H and O–H groups in total. The lowest BCUT2D eigenvalue weighted by Crippen LogP contribution is -2.49. The first-order valence-corrected chi connectivity index (χ1v) is 9.40. The fraction of sp³-hybridized carbons (Fsp3) is 0.333. The molecule has 1 saturated heterocycles. The molecule has 1 aliphatic rings. The molecule has 0 spiro atoms. The second kappa shape index (κ2) is 7.80. The number of aromatic nitrogens is 2. The maximum Gasteiger partial charge on any atom is 0.234 e. The third-order valence-corrected chi connectivity index (χ3v) is 5.13. The molecule has 0 bridgehead atoms. The summed E-state index contributed by atoms with van der Waals surface area (Å²) in [5, 5.41) is 4.26. The molecule has 0 unspecified atom stereocenters. The number of anilines is 1. The van der Waals surface area contributed by atoms with Crippen molar-refractivity contribution in [2.45, 2.75) is 13.5 Å². The third-order valence-electron chi connectivity index (χ3n) is 5.13. The van der Waals surface area contributed by atoms with Crippen LogP contribution in [0.15, 0.2) is 48.8 Å². The molecule has 1 fully saturated rings. The molecule has 1 aliphatic heterocycles. The average molecular weight is 363 g/mol. The van der Waals surface area contributed by atoms with Crippen LogP contribution in [0.25, 0.3) is 10.9 Å². The van der Waals surface area contributed by atoms with E-state index in [9.17, 15) is 4.79 Å². The van der Waals surface area contributed by atoms with Gasteiger partial charge in [-0.25, -0.2) is 0 Å². The predicted octanol–water partition coefficient (Wildman–Crippen LogP) is 2.31. The van der Waals surface area contributed by atoms with Crippen molar-refractivity contribution >= 4 is 22.5 Å². The van der Waals surface area contributed by atoms with Gasteiger partial charge in [-0.1, -0.05) is 12.1 Å². The van der Waals surface area contributed by atoms with Crippen LogP contribution in [0.3, 0.4) is 0 Å². The lowest BCUT2D eigenvalue weighted by molar-refractivity contribution is -0.122. The highest BCUT2D eigenvalue weighted by atomic mass is 16.2. The highest BCUT2D eigenvalue weighted by Crippen LogP contribution is 2.19. The number of aryl methyl sites for hydroxylation is 1. The standard InChI is InChI=1S/C21H25N5O/c1-16-13-19-17(3-2-4-20(19)24-16)14-23-21(27)15-25-9-11-26(12-10-25)18-5-7-22-8-6-18/h2-8,13,24H,9-12,14-15H2,1H3,(H,23,27). The second-order valence-electron chi connectivity index (χ2n) is 7.08.